The zero-order valence-corrected chi connectivity index (χ0v) is 20.1. The largest absolute Gasteiger partial charge is 0.450 e. The van der Waals surface area contributed by atoms with Crippen LogP contribution in [0.5, 0.6) is 0 Å². The number of halogens is 1. The molecule has 1 aromatic carbocycles. The average Bonchev–Trinajstić information content (AvgIpc) is 3.30. The fourth-order valence-electron chi connectivity index (χ4n) is 5.54. The molecule has 2 heterocycles. The van der Waals surface area contributed by atoms with Crippen molar-refractivity contribution in [3.05, 3.63) is 82.1 Å². The van der Waals surface area contributed by atoms with Gasteiger partial charge in [0, 0.05) is 28.6 Å². The average molecular weight is 477 g/mol. The maximum atomic E-state index is 13.6. The van der Waals surface area contributed by atoms with Gasteiger partial charge in [-0.2, -0.15) is 0 Å². The molecule has 1 N–H and O–H groups in total. The number of alkyl carbamates (subject to hydrolysis) is 1. The molecule has 0 radical (unpaired) electrons. The molecule has 0 spiro atoms. The van der Waals surface area contributed by atoms with E-state index in [4.69, 9.17) is 4.74 Å². The summed E-state index contributed by atoms with van der Waals surface area (Å²) in [7, 11) is 0. The number of hydrogen-bond acceptors (Lipinski definition) is 4. The second-order valence-electron chi connectivity index (χ2n) is 9.17. The topological polar surface area (TPSA) is 51.2 Å². The minimum atomic E-state index is -0.303. The molecule has 0 unspecified atom stereocenters. The normalized spacial score (nSPS) is 23.8. The number of aromatic nitrogens is 1. The Balaban J connectivity index is 1.32. The molecule has 0 bridgehead atoms. The number of nitrogens with one attached hydrogen (secondary N) is 1. The first kappa shape index (κ1) is 22.8. The lowest BCUT2D eigenvalue weighted by Gasteiger charge is -2.43. The van der Waals surface area contributed by atoms with Crippen LogP contribution in [0.2, 0.25) is 0 Å². The van der Waals surface area contributed by atoms with Gasteiger partial charge in [-0.3, -0.25) is 4.98 Å². The van der Waals surface area contributed by atoms with Crippen molar-refractivity contribution in [2.45, 2.75) is 44.6 Å². The van der Waals surface area contributed by atoms with Crippen LogP contribution in [-0.2, 0) is 11.2 Å². The molecule has 176 valence electrons. The number of rotatable bonds is 5. The molecule has 2 aliphatic carbocycles. The van der Waals surface area contributed by atoms with E-state index in [0.717, 1.165) is 42.5 Å². The predicted molar refractivity (Wildman–Crippen MR) is 134 cm³/mol. The Morgan fingerprint density at radius 1 is 1.24 bits per heavy atom. The molecule has 0 aliphatic heterocycles. The molecule has 34 heavy (non-hydrogen) atoms. The lowest BCUT2D eigenvalue weighted by molar-refractivity contribution is 0.129. The van der Waals surface area contributed by atoms with Gasteiger partial charge in [-0.25, -0.2) is 9.18 Å². The first-order chi connectivity index (χ1) is 16.6. The molecule has 2 aliphatic rings. The van der Waals surface area contributed by atoms with E-state index in [1.807, 2.05) is 36.5 Å². The van der Waals surface area contributed by atoms with Gasteiger partial charge in [0.1, 0.15) is 5.82 Å². The molecule has 1 saturated carbocycles. The van der Waals surface area contributed by atoms with Crippen LogP contribution in [0.4, 0.5) is 9.18 Å². The van der Waals surface area contributed by atoms with Gasteiger partial charge in [0.2, 0.25) is 0 Å². The van der Waals surface area contributed by atoms with Crippen LogP contribution in [0.25, 0.3) is 17.2 Å². The van der Waals surface area contributed by atoms with E-state index < -0.39 is 0 Å². The predicted octanol–water partition coefficient (Wildman–Crippen LogP) is 6.83. The smallest absolute Gasteiger partial charge is 0.407 e. The maximum absolute atomic E-state index is 13.6. The van der Waals surface area contributed by atoms with Gasteiger partial charge in [-0.05, 0) is 91.3 Å². The van der Waals surface area contributed by atoms with Crippen molar-refractivity contribution in [3.8, 4) is 11.1 Å². The summed E-state index contributed by atoms with van der Waals surface area (Å²) < 4.78 is 18.6. The van der Waals surface area contributed by atoms with Gasteiger partial charge in [-0.1, -0.05) is 24.3 Å². The Morgan fingerprint density at radius 2 is 2.15 bits per heavy atom. The minimum Gasteiger partial charge on any atom is -0.450 e. The Labute approximate surface area is 203 Å². The summed E-state index contributed by atoms with van der Waals surface area (Å²) >= 11 is 1.84. The summed E-state index contributed by atoms with van der Waals surface area (Å²) in [4.78, 5) is 18.0. The highest BCUT2D eigenvalue weighted by molar-refractivity contribution is 7.10. The number of benzene rings is 1. The van der Waals surface area contributed by atoms with E-state index in [1.54, 1.807) is 12.3 Å². The highest BCUT2D eigenvalue weighted by Crippen LogP contribution is 2.49. The molecule has 4 nitrogen and oxygen atoms in total. The summed E-state index contributed by atoms with van der Waals surface area (Å²) in [5.41, 5.74) is 4.07. The number of allylic oxidation sites excluding steroid dienone is 1. The van der Waals surface area contributed by atoms with Crippen LogP contribution >= 0.6 is 11.3 Å². The van der Waals surface area contributed by atoms with Crippen molar-refractivity contribution < 1.29 is 13.9 Å². The number of amides is 1. The van der Waals surface area contributed by atoms with E-state index in [1.165, 1.54) is 22.6 Å². The van der Waals surface area contributed by atoms with Gasteiger partial charge in [0.05, 0.1) is 12.3 Å². The summed E-state index contributed by atoms with van der Waals surface area (Å²) in [6.45, 7) is 2.23. The summed E-state index contributed by atoms with van der Waals surface area (Å²) in [6.07, 6.45) is 10.1. The lowest BCUT2D eigenvalue weighted by Crippen LogP contribution is -2.43. The van der Waals surface area contributed by atoms with Crippen molar-refractivity contribution >= 4 is 23.5 Å². The number of ether oxygens (including phenoxy) is 1. The molecule has 2 aromatic heterocycles. The van der Waals surface area contributed by atoms with Gasteiger partial charge in [0.15, 0.2) is 0 Å². The number of hydrogen-bond donors (Lipinski definition) is 1. The fourth-order valence-corrected chi connectivity index (χ4v) is 6.57. The second kappa shape index (κ2) is 10.1. The van der Waals surface area contributed by atoms with E-state index in [-0.39, 0.29) is 18.0 Å². The van der Waals surface area contributed by atoms with Crippen molar-refractivity contribution in [2.24, 2.45) is 11.8 Å². The van der Waals surface area contributed by atoms with Crippen LogP contribution < -0.4 is 5.32 Å². The van der Waals surface area contributed by atoms with E-state index >= 15 is 0 Å². The summed E-state index contributed by atoms with van der Waals surface area (Å²) in [5.74, 6) is 1.22. The highest BCUT2D eigenvalue weighted by Gasteiger charge is 2.40. The van der Waals surface area contributed by atoms with Crippen LogP contribution in [-0.4, -0.2) is 23.7 Å². The highest BCUT2D eigenvalue weighted by atomic mass is 32.1. The van der Waals surface area contributed by atoms with Crippen molar-refractivity contribution in [1.82, 2.24) is 10.3 Å². The number of pyridine rings is 1. The molecule has 3 aromatic rings. The number of carbonyl (C=O) groups excluding carboxylic acids is 1. The van der Waals surface area contributed by atoms with Crippen LogP contribution in [0.15, 0.2) is 60.1 Å². The van der Waals surface area contributed by atoms with Crippen molar-refractivity contribution in [1.29, 1.82) is 0 Å². The summed E-state index contributed by atoms with van der Waals surface area (Å²) in [6, 6.07) is 13.0. The molecular formula is C28H29FN2O2S. The first-order valence-corrected chi connectivity index (χ1v) is 12.9. The SMILES string of the molecule is CCOC(=O)N[C@@H]1CC[C@@H]2[C@H](Cc3sccc3[C@H]2C=Cc2ccc(-c3cccc(F)c3)cn2)C1. The quantitative estimate of drug-likeness (QED) is 0.439. The molecule has 4 atom stereocenters. The van der Waals surface area contributed by atoms with E-state index in [2.05, 4.69) is 33.9 Å². The molecule has 1 fully saturated rings. The Kier molecular flexibility index (Phi) is 6.77. The molecule has 5 rings (SSSR count). The van der Waals surface area contributed by atoms with Crippen LogP contribution in [0.1, 0.15) is 48.2 Å². The van der Waals surface area contributed by atoms with E-state index in [0.29, 0.717) is 24.4 Å². The van der Waals surface area contributed by atoms with Gasteiger partial charge in [-0.15, -0.1) is 11.3 Å². The number of thiophene rings is 1. The van der Waals surface area contributed by atoms with Crippen molar-refractivity contribution in [3.63, 3.8) is 0 Å². The molecule has 1 amide bonds. The van der Waals surface area contributed by atoms with E-state index in [9.17, 15) is 9.18 Å². The van der Waals surface area contributed by atoms with Gasteiger partial charge >= 0.3 is 6.09 Å². The number of fused-ring (bicyclic) bond motifs is 2. The zero-order valence-electron chi connectivity index (χ0n) is 19.2. The number of nitrogens with zero attached hydrogens (tertiary/aromatic N) is 1. The zero-order chi connectivity index (χ0) is 23.5. The Hall–Kier alpha value is -2.99. The monoisotopic (exact) mass is 476 g/mol. The minimum absolute atomic E-state index is 0.184. The lowest BCUT2D eigenvalue weighted by atomic mass is 9.64. The third-order valence-corrected chi connectivity index (χ3v) is 8.06. The molecular weight excluding hydrogens is 447 g/mol. The molecule has 6 heteroatoms. The van der Waals surface area contributed by atoms with Crippen molar-refractivity contribution in [2.75, 3.05) is 6.61 Å². The Morgan fingerprint density at radius 3 is 2.94 bits per heavy atom. The fraction of sp³-hybridized carbons (Fsp3) is 0.357. The van der Waals surface area contributed by atoms with Crippen LogP contribution in [0.3, 0.4) is 0 Å². The summed E-state index contributed by atoms with van der Waals surface area (Å²) in [5, 5.41) is 5.25. The maximum Gasteiger partial charge on any atom is 0.407 e. The van der Waals surface area contributed by atoms with Gasteiger partial charge < -0.3 is 10.1 Å². The Bertz CT molecular complexity index is 1170. The standard InChI is InChI=1S/C28H29FN2O2S/c1-2-33-28(32)31-23-9-10-24-20(15-23)16-27-26(12-13-34-27)25(24)11-8-22-7-6-19(17-30-22)18-4-3-5-21(29)14-18/h3-8,11-14,17,20,23-25H,2,9-10,15-16H2,1H3,(H,31,32)/t20-,23+,24+,25-/m0/s1. The van der Waals surface area contributed by atoms with Crippen LogP contribution in [0, 0.1) is 17.7 Å². The third-order valence-electron chi connectivity index (χ3n) is 7.11. The first-order valence-electron chi connectivity index (χ1n) is 12.0. The van der Waals surface area contributed by atoms with Gasteiger partial charge in [0.25, 0.3) is 0 Å². The molecule has 0 saturated heterocycles. The number of carbonyl (C=O) groups is 1. The second-order valence-corrected chi connectivity index (χ2v) is 10.2. The third kappa shape index (κ3) is 4.92.